The smallest absolute Gasteiger partial charge is 0.326 e. The van der Waals surface area contributed by atoms with Crippen LogP contribution in [0.4, 0.5) is 0 Å². The second-order valence-electron chi connectivity index (χ2n) is 18.1. The van der Waals surface area contributed by atoms with E-state index in [1.807, 2.05) is 182 Å². The molecule has 0 spiro atoms. The predicted molar refractivity (Wildman–Crippen MR) is 274 cm³/mol. The molecule has 6 aromatic carbocycles. The van der Waals surface area contributed by atoms with Crippen LogP contribution in [0.5, 0.6) is 0 Å². The van der Waals surface area contributed by atoms with Gasteiger partial charge in [-0.3, -0.25) is 24.0 Å². The quantitative estimate of drug-likeness (QED) is 0.0334. The Labute approximate surface area is 416 Å². The average molecular weight is 957 g/mol. The lowest BCUT2D eigenvalue weighted by Gasteiger charge is -2.37. The fourth-order valence-corrected chi connectivity index (χ4v) is 8.90. The highest BCUT2D eigenvalue weighted by molar-refractivity contribution is 5.97. The molecule has 0 fully saturated rings. The summed E-state index contributed by atoms with van der Waals surface area (Å²) >= 11 is 0. The lowest BCUT2D eigenvalue weighted by Crippen LogP contribution is -2.60. The van der Waals surface area contributed by atoms with Gasteiger partial charge < -0.3 is 37.4 Å². The molecule has 5 amide bonds. The number of carboxylic acid groups (broad SMARTS) is 1. The SMILES string of the molecule is CC[C@H](C)[C@H](NC(=O)[C@@H](NC(=O)[C@H](CC(=O)NC(c1ccccc1)(c1ccccc1)c1ccccc1)NC(=O)[C@@H](N)CCC(=O)NC(c1ccccc1)(c1ccccc1)c1ccccc1)C(C)C)C(=O)O. The maximum atomic E-state index is 14.8. The Morgan fingerprint density at radius 2 is 0.817 bits per heavy atom. The number of amides is 5. The summed E-state index contributed by atoms with van der Waals surface area (Å²) in [6, 6.07) is 51.4. The molecule has 368 valence electrons. The number of aliphatic carboxylic acids is 1. The van der Waals surface area contributed by atoms with Gasteiger partial charge in [0.25, 0.3) is 0 Å². The summed E-state index contributed by atoms with van der Waals surface area (Å²) in [6.45, 7) is 6.87. The molecule has 0 radical (unpaired) electrons. The van der Waals surface area contributed by atoms with Crippen molar-refractivity contribution in [3.8, 4) is 0 Å². The minimum atomic E-state index is -1.59. The van der Waals surface area contributed by atoms with Gasteiger partial charge in [-0.2, -0.15) is 0 Å². The van der Waals surface area contributed by atoms with E-state index in [9.17, 15) is 33.9 Å². The minimum absolute atomic E-state index is 0.144. The zero-order valence-corrected chi connectivity index (χ0v) is 40.6. The van der Waals surface area contributed by atoms with Crippen molar-refractivity contribution in [3.05, 3.63) is 215 Å². The van der Waals surface area contributed by atoms with Crippen molar-refractivity contribution in [3.63, 3.8) is 0 Å². The zero-order chi connectivity index (χ0) is 51.0. The van der Waals surface area contributed by atoms with E-state index in [0.717, 1.165) is 33.4 Å². The summed E-state index contributed by atoms with van der Waals surface area (Å²) in [5.41, 5.74) is 8.75. The molecule has 13 heteroatoms. The lowest BCUT2D eigenvalue weighted by molar-refractivity contribution is -0.144. The fourth-order valence-electron chi connectivity index (χ4n) is 8.90. The van der Waals surface area contributed by atoms with Gasteiger partial charge in [0.15, 0.2) is 0 Å². The van der Waals surface area contributed by atoms with Crippen LogP contribution in [0.1, 0.15) is 86.8 Å². The van der Waals surface area contributed by atoms with Crippen molar-refractivity contribution >= 4 is 35.5 Å². The van der Waals surface area contributed by atoms with Crippen molar-refractivity contribution in [2.24, 2.45) is 17.6 Å². The van der Waals surface area contributed by atoms with Crippen molar-refractivity contribution in [2.75, 3.05) is 0 Å². The molecule has 6 rings (SSSR count). The Bertz CT molecular complexity index is 2500. The largest absolute Gasteiger partial charge is 0.480 e. The van der Waals surface area contributed by atoms with E-state index in [-0.39, 0.29) is 12.8 Å². The molecule has 71 heavy (non-hydrogen) atoms. The lowest BCUT2D eigenvalue weighted by atomic mass is 9.77. The number of hydrogen-bond donors (Lipinski definition) is 7. The predicted octanol–water partition coefficient (Wildman–Crippen LogP) is 6.94. The number of nitrogens with two attached hydrogens (primary N) is 1. The van der Waals surface area contributed by atoms with Gasteiger partial charge in [-0.25, -0.2) is 4.79 Å². The van der Waals surface area contributed by atoms with Crippen molar-refractivity contribution in [2.45, 2.75) is 88.6 Å². The summed E-state index contributed by atoms with van der Waals surface area (Å²) in [5, 5.41) is 24.4. The monoisotopic (exact) mass is 956 g/mol. The van der Waals surface area contributed by atoms with E-state index in [1.165, 1.54) is 0 Å². The maximum Gasteiger partial charge on any atom is 0.326 e. The van der Waals surface area contributed by atoms with E-state index < -0.39 is 89.0 Å². The summed E-state index contributed by atoms with van der Waals surface area (Å²) in [7, 11) is 0. The number of carboxylic acids is 1. The molecule has 0 saturated carbocycles. The number of benzene rings is 6. The van der Waals surface area contributed by atoms with Gasteiger partial charge >= 0.3 is 5.97 Å². The maximum absolute atomic E-state index is 14.8. The second-order valence-corrected chi connectivity index (χ2v) is 18.1. The topological polar surface area (TPSA) is 209 Å². The fraction of sp³-hybridized carbons (Fsp3) is 0.276. The summed E-state index contributed by atoms with van der Waals surface area (Å²) in [5.74, 6) is -5.69. The zero-order valence-electron chi connectivity index (χ0n) is 40.6. The van der Waals surface area contributed by atoms with Crippen LogP contribution in [-0.4, -0.2) is 64.8 Å². The Hall–Kier alpha value is -7.90. The van der Waals surface area contributed by atoms with Gasteiger partial charge in [0, 0.05) is 6.42 Å². The highest BCUT2D eigenvalue weighted by Crippen LogP contribution is 2.38. The van der Waals surface area contributed by atoms with E-state index in [2.05, 4.69) is 26.6 Å². The number of hydrogen-bond acceptors (Lipinski definition) is 7. The second kappa shape index (κ2) is 24.6. The standard InChI is InChI=1S/C58H64N6O7/c1-5-40(4)52(56(70)71)62-55(69)51(39(2)3)61-54(68)48(38-50(66)64-58(44-30-18-9-19-31-44,45-32-20-10-21-33-45)46-34-22-11-23-35-46)60-53(67)47(59)36-37-49(65)63-57(41-24-12-6-13-25-41,42-26-14-7-15-27-42)43-28-16-8-17-29-43/h6-35,39-40,47-48,51-52H,5,36-38,59H2,1-4H3,(H,60,67)(H,61,68)(H,62,69)(H,63,65)(H,64,66)(H,70,71)/t40-,47-,48-,51-,52-/m0/s1. The first-order valence-corrected chi connectivity index (χ1v) is 24.1. The highest BCUT2D eigenvalue weighted by atomic mass is 16.4. The number of carbonyl (C=O) groups is 6. The summed E-state index contributed by atoms with van der Waals surface area (Å²) in [4.78, 5) is 83.7. The minimum Gasteiger partial charge on any atom is -0.480 e. The Kier molecular flexibility index (Phi) is 18.2. The van der Waals surface area contributed by atoms with Crippen molar-refractivity contribution in [1.82, 2.24) is 26.6 Å². The van der Waals surface area contributed by atoms with Crippen LogP contribution in [0.25, 0.3) is 0 Å². The van der Waals surface area contributed by atoms with E-state index in [0.29, 0.717) is 6.42 Å². The molecule has 0 unspecified atom stereocenters. The Balaban J connectivity index is 1.29. The van der Waals surface area contributed by atoms with Crippen LogP contribution in [0.15, 0.2) is 182 Å². The molecular weight excluding hydrogens is 893 g/mol. The van der Waals surface area contributed by atoms with Gasteiger partial charge in [0.05, 0.1) is 12.5 Å². The van der Waals surface area contributed by atoms with Crippen LogP contribution in [0, 0.1) is 11.8 Å². The average Bonchev–Trinajstić information content (AvgIpc) is 3.40. The third kappa shape index (κ3) is 12.7. The number of nitrogens with one attached hydrogen (secondary N) is 5. The van der Waals surface area contributed by atoms with Gasteiger partial charge in [-0.1, -0.05) is 216 Å². The first kappa shape index (κ1) is 52.5. The van der Waals surface area contributed by atoms with Gasteiger partial charge in [-0.15, -0.1) is 0 Å². The Morgan fingerprint density at radius 1 is 0.479 bits per heavy atom. The summed E-state index contributed by atoms with van der Waals surface area (Å²) < 4.78 is 0. The van der Waals surface area contributed by atoms with Crippen molar-refractivity contribution in [1.29, 1.82) is 0 Å². The van der Waals surface area contributed by atoms with Gasteiger partial charge in [0.2, 0.25) is 29.5 Å². The molecule has 0 aliphatic carbocycles. The molecule has 13 nitrogen and oxygen atoms in total. The highest BCUT2D eigenvalue weighted by Gasteiger charge is 2.41. The molecule has 0 saturated heterocycles. The molecule has 6 aromatic rings. The molecular formula is C58H64N6O7. The van der Waals surface area contributed by atoms with Crippen molar-refractivity contribution < 1.29 is 33.9 Å². The molecule has 0 aromatic heterocycles. The number of carbonyl (C=O) groups excluding carboxylic acids is 5. The molecule has 5 atom stereocenters. The van der Waals surface area contributed by atoms with E-state index in [4.69, 9.17) is 5.73 Å². The third-order valence-corrected chi connectivity index (χ3v) is 13.0. The van der Waals surface area contributed by atoms with Crippen LogP contribution in [-0.2, 0) is 39.8 Å². The Morgan fingerprint density at radius 3 is 1.14 bits per heavy atom. The first-order chi connectivity index (χ1) is 34.2. The van der Waals surface area contributed by atoms with Gasteiger partial charge in [-0.05, 0) is 51.6 Å². The normalized spacial score (nSPS) is 13.6. The van der Waals surface area contributed by atoms with Crippen LogP contribution < -0.4 is 32.3 Å². The molecule has 0 bridgehead atoms. The molecule has 0 heterocycles. The first-order valence-electron chi connectivity index (χ1n) is 24.1. The van der Waals surface area contributed by atoms with Gasteiger partial charge in [0.1, 0.15) is 29.2 Å². The third-order valence-electron chi connectivity index (χ3n) is 13.0. The molecule has 0 aliphatic rings. The number of rotatable bonds is 23. The van der Waals surface area contributed by atoms with Crippen LogP contribution in [0.3, 0.4) is 0 Å². The summed E-state index contributed by atoms with van der Waals surface area (Å²) in [6.07, 6.45) is -0.477. The van der Waals surface area contributed by atoms with E-state index in [1.54, 1.807) is 27.7 Å². The molecule has 8 N–H and O–H groups in total. The van der Waals surface area contributed by atoms with Crippen LogP contribution >= 0.6 is 0 Å². The van der Waals surface area contributed by atoms with Crippen LogP contribution in [0.2, 0.25) is 0 Å². The molecule has 0 aliphatic heterocycles. The van der Waals surface area contributed by atoms with E-state index >= 15 is 0 Å².